The first-order valence-corrected chi connectivity index (χ1v) is 9.39. The van der Waals surface area contributed by atoms with Crippen molar-refractivity contribution in [2.75, 3.05) is 11.9 Å². The summed E-state index contributed by atoms with van der Waals surface area (Å²) in [5.74, 6) is 0.140. The van der Waals surface area contributed by atoms with Gasteiger partial charge in [0.05, 0.1) is 28.6 Å². The van der Waals surface area contributed by atoms with E-state index in [9.17, 15) is 31.4 Å². The lowest BCUT2D eigenvalue weighted by molar-refractivity contribution is -0.142. The number of aromatic nitrogens is 4. The van der Waals surface area contributed by atoms with Crippen molar-refractivity contribution in [2.24, 2.45) is 0 Å². The average Bonchev–Trinajstić information content (AvgIpc) is 3.02. The second-order valence-corrected chi connectivity index (χ2v) is 7.29. The van der Waals surface area contributed by atoms with E-state index in [1.807, 2.05) is 0 Å². The van der Waals surface area contributed by atoms with Crippen LogP contribution >= 0.6 is 0 Å². The molecule has 0 unspecified atom stereocenters. The summed E-state index contributed by atoms with van der Waals surface area (Å²) in [6.45, 7) is 5.04. The second-order valence-electron chi connectivity index (χ2n) is 7.29. The summed E-state index contributed by atoms with van der Waals surface area (Å²) >= 11 is 0. The number of rotatable bonds is 5. The van der Waals surface area contributed by atoms with Gasteiger partial charge in [-0.05, 0) is 45.0 Å². The Hall–Kier alpha value is -3.15. The summed E-state index contributed by atoms with van der Waals surface area (Å²) in [5.41, 5.74) is -2.23. The maximum atomic E-state index is 13.6. The van der Waals surface area contributed by atoms with Gasteiger partial charge in [-0.1, -0.05) is 6.07 Å². The number of benzene rings is 1. The van der Waals surface area contributed by atoms with Crippen LogP contribution in [-0.2, 0) is 12.4 Å². The number of aliphatic hydroxyl groups excluding tert-OH is 1. The van der Waals surface area contributed by atoms with E-state index in [2.05, 4.69) is 20.6 Å². The highest BCUT2D eigenvalue weighted by Crippen LogP contribution is 2.41. The van der Waals surface area contributed by atoms with Crippen molar-refractivity contribution in [1.29, 1.82) is 0 Å². The van der Waals surface area contributed by atoms with Gasteiger partial charge in [0.1, 0.15) is 5.69 Å². The Morgan fingerprint density at radius 3 is 2.22 bits per heavy atom. The molecule has 12 heteroatoms. The van der Waals surface area contributed by atoms with Crippen LogP contribution in [0.1, 0.15) is 29.4 Å². The number of nitrogens with one attached hydrogen (secondary N) is 1. The minimum atomic E-state index is -5.06. The summed E-state index contributed by atoms with van der Waals surface area (Å²) in [4.78, 5) is 0. The van der Waals surface area contributed by atoms with Crippen molar-refractivity contribution in [2.45, 2.75) is 39.2 Å². The number of nitrogens with zero attached hydrogens (tertiary/aromatic N) is 4. The molecule has 0 spiro atoms. The van der Waals surface area contributed by atoms with E-state index in [0.717, 1.165) is 6.07 Å². The van der Waals surface area contributed by atoms with Gasteiger partial charge in [0, 0.05) is 17.8 Å². The number of alkyl halides is 6. The Bertz CT molecular complexity index is 1120. The van der Waals surface area contributed by atoms with Crippen molar-refractivity contribution in [1.82, 2.24) is 20.0 Å². The molecule has 0 saturated heterocycles. The molecule has 2 heterocycles. The number of hydrogen-bond donors (Lipinski definition) is 2. The molecular weight excluding hydrogens is 440 g/mol. The molecule has 0 amide bonds. The molecule has 0 radical (unpaired) electrons. The fourth-order valence-corrected chi connectivity index (χ4v) is 3.10. The summed E-state index contributed by atoms with van der Waals surface area (Å²) in [6.07, 6.45) is -10.7. The van der Waals surface area contributed by atoms with Crippen LogP contribution in [0, 0.1) is 13.8 Å². The summed E-state index contributed by atoms with van der Waals surface area (Å²) < 4.78 is 81.2. The molecule has 32 heavy (non-hydrogen) atoms. The molecule has 1 atom stereocenters. The standard InChI is InChI=1S/C20H19F6N5O/c1-10-6-11(2)31(30-10)17-8-16(28-29-18(17)27-9-12(3)32)14-5-4-13(19(21,22)23)7-15(14)20(24,25)26/h4-8,12,32H,9H2,1-3H3,(H,27,29)/t12-/m1/s1. The van der Waals surface area contributed by atoms with E-state index >= 15 is 0 Å². The molecule has 2 aromatic heterocycles. The van der Waals surface area contributed by atoms with Gasteiger partial charge in [-0.3, -0.25) is 0 Å². The van der Waals surface area contributed by atoms with E-state index in [1.165, 1.54) is 17.7 Å². The SMILES string of the molecule is Cc1cc(C)n(-c2cc(-c3ccc(C(F)(F)F)cc3C(F)(F)F)nnc2NC[C@@H](C)O)n1. The lowest BCUT2D eigenvalue weighted by Crippen LogP contribution is -2.18. The molecule has 1 aromatic carbocycles. The zero-order valence-electron chi connectivity index (χ0n) is 17.2. The third kappa shape index (κ3) is 5.01. The van der Waals surface area contributed by atoms with E-state index in [4.69, 9.17) is 0 Å². The van der Waals surface area contributed by atoms with Gasteiger partial charge in [0.2, 0.25) is 0 Å². The van der Waals surface area contributed by atoms with Crippen molar-refractivity contribution in [3.8, 4) is 16.9 Å². The molecule has 3 rings (SSSR count). The van der Waals surface area contributed by atoms with Crippen LogP contribution in [0.4, 0.5) is 32.2 Å². The number of hydrogen-bond acceptors (Lipinski definition) is 5. The third-order valence-corrected chi connectivity index (χ3v) is 4.50. The first-order chi connectivity index (χ1) is 14.8. The van der Waals surface area contributed by atoms with Crippen LogP contribution in [0.5, 0.6) is 0 Å². The highest BCUT2D eigenvalue weighted by Gasteiger charge is 2.38. The van der Waals surface area contributed by atoms with Crippen molar-refractivity contribution < 1.29 is 31.4 Å². The Kier molecular flexibility index (Phi) is 6.18. The van der Waals surface area contributed by atoms with Crippen LogP contribution in [0.2, 0.25) is 0 Å². The van der Waals surface area contributed by atoms with Crippen LogP contribution in [-0.4, -0.2) is 37.7 Å². The normalized spacial score (nSPS) is 13.3. The molecule has 0 fully saturated rings. The largest absolute Gasteiger partial charge is 0.417 e. The maximum absolute atomic E-state index is 13.6. The molecule has 0 aliphatic heterocycles. The third-order valence-electron chi connectivity index (χ3n) is 4.50. The topological polar surface area (TPSA) is 75.9 Å². The quantitative estimate of drug-likeness (QED) is 0.538. The monoisotopic (exact) mass is 459 g/mol. The van der Waals surface area contributed by atoms with Gasteiger partial charge >= 0.3 is 12.4 Å². The highest BCUT2D eigenvalue weighted by molar-refractivity contribution is 5.70. The van der Waals surface area contributed by atoms with Crippen molar-refractivity contribution in [3.05, 3.63) is 52.8 Å². The minimum Gasteiger partial charge on any atom is -0.392 e. The lowest BCUT2D eigenvalue weighted by atomic mass is 10.00. The van der Waals surface area contributed by atoms with Crippen LogP contribution in [0.3, 0.4) is 0 Å². The molecule has 0 aliphatic rings. The molecule has 0 aliphatic carbocycles. The Morgan fingerprint density at radius 1 is 1.00 bits per heavy atom. The van der Waals surface area contributed by atoms with Crippen LogP contribution in [0.25, 0.3) is 16.9 Å². The van der Waals surface area contributed by atoms with E-state index in [-0.39, 0.29) is 29.8 Å². The molecule has 2 N–H and O–H groups in total. The second kappa shape index (κ2) is 8.41. The molecule has 3 aromatic rings. The van der Waals surface area contributed by atoms with Gasteiger partial charge < -0.3 is 10.4 Å². The Balaban J connectivity index is 2.21. The molecule has 0 saturated carbocycles. The molecule has 172 valence electrons. The lowest BCUT2D eigenvalue weighted by Gasteiger charge is -2.17. The minimum absolute atomic E-state index is 0.0552. The van der Waals surface area contributed by atoms with E-state index in [0.29, 0.717) is 17.5 Å². The first kappa shape index (κ1) is 23.5. The first-order valence-electron chi connectivity index (χ1n) is 9.39. The predicted octanol–water partition coefficient (Wildman–Crippen LogP) is 4.78. The Labute approximate surface area is 178 Å². The van der Waals surface area contributed by atoms with Gasteiger partial charge in [-0.2, -0.15) is 31.4 Å². The van der Waals surface area contributed by atoms with E-state index in [1.54, 1.807) is 19.9 Å². The summed E-state index contributed by atoms with van der Waals surface area (Å²) in [5, 5.41) is 24.4. The fraction of sp³-hybridized carbons (Fsp3) is 0.350. The number of halogens is 6. The highest BCUT2D eigenvalue weighted by atomic mass is 19.4. The van der Waals surface area contributed by atoms with Gasteiger partial charge in [0.15, 0.2) is 5.82 Å². The Morgan fingerprint density at radius 2 is 1.69 bits per heavy atom. The van der Waals surface area contributed by atoms with Crippen LogP contribution < -0.4 is 5.32 Å². The van der Waals surface area contributed by atoms with Crippen molar-refractivity contribution in [3.63, 3.8) is 0 Å². The number of aliphatic hydroxyl groups is 1. The van der Waals surface area contributed by atoms with Gasteiger partial charge in [0.25, 0.3) is 0 Å². The molecule has 6 nitrogen and oxygen atoms in total. The molecular formula is C20H19F6N5O. The fourth-order valence-electron chi connectivity index (χ4n) is 3.10. The average molecular weight is 459 g/mol. The zero-order valence-corrected chi connectivity index (χ0v) is 17.2. The van der Waals surface area contributed by atoms with Gasteiger partial charge in [-0.25, -0.2) is 4.68 Å². The van der Waals surface area contributed by atoms with Gasteiger partial charge in [-0.15, -0.1) is 10.2 Å². The zero-order chi connectivity index (χ0) is 23.8. The van der Waals surface area contributed by atoms with E-state index < -0.39 is 35.1 Å². The van der Waals surface area contributed by atoms with Crippen LogP contribution in [0.15, 0.2) is 30.3 Å². The maximum Gasteiger partial charge on any atom is 0.417 e. The number of aryl methyl sites for hydroxylation is 2. The molecule has 0 bridgehead atoms. The number of anilines is 1. The summed E-state index contributed by atoms with van der Waals surface area (Å²) in [6, 6.07) is 4.34. The van der Waals surface area contributed by atoms with Crippen molar-refractivity contribution >= 4 is 5.82 Å². The predicted molar refractivity (Wildman–Crippen MR) is 104 cm³/mol. The smallest absolute Gasteiger partial charge is 0.392 e. The summed E-state index contributed by atoms with van der Waals surface area (Å²) in [7, 11) is 0.